The highest BCUT2D eigenvalue weighted by atomic mass is 32.2. The molecule has 1 aliphatic carbocycles. The topological polar surface area (TPSA) is 79.6 Å². The first-order valence-electron chi connectivity index (χ1n) is 7.93. The van der Waals surface area contributed by atoms with Crippen LogP contribution < -0.4 is 10.0 Å². The minimum Gasteiger partial charge on any atom is -0.355 e. The van der Waals surface area contributed by atoms with Crippen molar-refractivity contribution >= 4 is 32.9 Å². The smallest absolute Gasteiger partial charge is 0.260 e. The van der Waals surface area contributed by atoms with Crippen molar-refractivity contribution in [3.8, 4) is 0 Å². The Hall–Kier alpha value is -3.11. The highest BCUT2D eigenvalue weighted by Crippen LogP contribution is 2.36. The zero-order chi connectivity index (χ0) is 18.9. The molecule has 3 rings (SSSR count). The van der Waals surface area contributed by atoms with Gasteiger partial charge in [-0.15, -0.1) is 0 Å². The van der Waals surface area contributed by atoms with Gasteiger partial charge in [0, 0.05) is 12.6 Å². The third kappa shape index (κ3) is 3.07. The Morgan fingerprint density at radius 2 is 2.00 bits per heavy atom. The van der Waals surface area contributed by atoms with Crippen LogP contribution in [0.2, 0.25) is 0 Å². The van der Waals surface area contributed by atoms with E-state index in [1.54, 1.807) is 31.3 Å². The van der Waals surface area contributed by atoms with Gasteiger partial charge in [0.25, 0.3) is 15.9 Å². The second-order valence-electron chi connectivity index (χ2n) is 5.90. The average molecular weight is 367 g/mol. The van der Waals surface area contributed by atoms with Gasteiger partial charge in [0.05, 0.1) is 17.2 Å². The third-order valence-corrected chi connectivity index (χ3v) is 5.64. The van der Waals surface area contributed by atoms with Crippen LogP contribution in [0, 0.1) is 13.5 Å². The van der Waals surface area contributed by atoms with Gasteiger partial charge in [-0.2, -0.15) is 0 Å². The molecule has 0 saturated heterocycles. The molecule has 1 amide bonds. The highest BCUT2D eigenvalue weighted by Gasteiger charge is 2.25. The second kappa shape index (κ2) is 6.65. The molecule has 7 heteroatoms. The van der Waals surface area contributed by atoms with Gasteiger partial charge in [0.2, 0.25) is 0 Å². The third-order valence-electron chi connectivity index (χ3n) is 4.27. The van der Waals surface area contributed by atoms with E-state index < -0.39 is 10.0 Å². The number of nitrogens with one attached hydrogen (secondary N) is 2. The van der Waals surface area contributed by atoms with E-state index in [-0.39, 0.29) is 16.5 Å². The summed E-state index contributed by atoms with van der Waals surface area (Å²) in [6.45, 7) is 8.92. The van der Waals surface area contributed by atoms with Crippen molar-refractivity contribution in [3.05, 3.63) is 70.6 Å². The molecule has 6 nitrogen and oxygen atoms in total. The van der Waals surface area contributed by atoms with Crippen molar-refractivity contribution in [1.82, 2.24) is 5.32 Å². The molecule has 0 fully saturated rings. The van der Waals surface area contributed by atoms with Crippen molar-refractivity contribution in [2.75, 3.05) is 11.8 Å². The van der Waals surface area contributed by atoms with Crippen molar-refractivity contribution in [3.63, 3.8) is 0 Å². The van der Waals surface area contributed by atoms with Crippen molar-refractivity contribution in [2.45, 2.75) is 18.2 Å². The number of hydrogen-bond donors (Lipinski definition) is 2. The summed E-state index contributed by atoms with van der Waals surface area (Å²) in [5, 5.41) is 2.61. The molecule has 0 spiro atoms. The fourth-order valence-corrected chi connectivity index (χ4v) is 4.15. The van der Waals surface area contributed by atoms with Crippen LogP contribution in [0.3, 0.4) is 0 Å². The minimum atomic E-state index is -3.84. The van der Waals surface area contributed by atoms with Crippen LogP contribution in [-0.4, -0.2) is 21.4 Å². The molecule has 1 aliphatic rings. The number of aryl methyl sites for hydroxylation is 1. The molecule has 0 aromatic heterocycles. The average Bonchev–Trinajstić information content (AvgIpc) is 3.09. The summed E-state index contributed by atoms with van der Waals surface area (Å²) in [5.41, 5.74) is 3.69. The fourth-order valence-electron chi connectivity index (χ4n) is 3.02. The Balaban J connectivity index is 2.01. The predicted molar refractivity (Wildman–Crippen MR) is 100 cm³/mol. The molecule has 0 radical (unpaired) electrons. The molecule has 0 heterocycles. The van der Waals surface area contributed by atoms with Crippen LogP contribution in [-0.2, 0) is 21.2 Å². The molecule has 0 unspecified atom stereocenters. The van der Waals surface area contributed by atoms with Crippen LogP contribution in [0.15, 0.2) is 47.4 Å². The number of hydrogen-bond acceptors (Lipinski definition) is 3. The number of rotatable bonds is 4. The molecule has 2 N–H and O–H groups in total. The standard InChI is InChI=1S/C19H17N3O3S/c1-12-7-10-17(15-8-9-16(18(12)15)19(23)21-3)22-26(24,25)14-6-4-5-13(11-14)20-2/h4-7,9-11,22H,8H2,1,3H3,(H,21,23). The number of nitrogens with zero attached hydrogens (tertiary/aromatic N) is 1. The predicted octanol–water partition coefficient (Wildman–Crippen LogP) is 3.03. The Kier molecular flexibility index (Phi) is 4.53. The van der Waals surface area contributed by atoms with Crippen LogP contribution in [0.4, 0.5) is 11.4 Å². The molecule has 0 atom stereocenters. The van der Waals surface area contributed by atoms with Gasteiger partial charge >= 0.3 is 0 Å². The van der Waals surface area contributed by atoms with Crippen LogP contribution in [0.1, 0.15) is 16.7 Å². The van der Waals surface area contributed by atoms with Crippen molar-refractivity contribution < 1.29 is 13.2 Å². The van der Waals surface area contributed by atoms with Crippen LogP contribution in [0.25, 0.3) is 10.4 Å². The Morgan fingerprint density at radius 3 is 2.69 bits per heavy atom. The monoisotopic (exact) mass is 367 g/mol. The number of fused-ring (bicyclic) bond motifs is 1. The number of likely N-dealkylation sites (N-methyl/N-ethyl adjacent to an activating group) is 1. The Bertz CT molecular complexity index is 1080. The number of carbonyl (C=O) groups excluding carboxylic acids is 1. The molecular formula is C19H17N3O3S. The lowest BCUT2D eigenvalue weighted by molar-refractivity contribution is -0.115. The molecule has 0 bridgehead atoms. The first-order valence-corrected chi connectivity index (χ1v) is 9.41. The summed E-state index contributed by atoms with van der Waals surface area (Å²) < 4.78 is 28.0. The summed E-state index contributed by atoms with van der Waals surface area (Å²) in [6.07, 6.45) is 2.27. The van der Waals surface area contributed by atoms with E-state index in [0.29, 0.717) is 17.7 Å². The molecule has 0 aliphatic heterocycles. The van der Waals surface area contributed by atoms with Gasteiger partial charge in [-0.25, -0.2) is 13.3 Å². The highest BCUT2D eigenvalue weighted by molar-refractivity contribution is 7.92. The normalized spacial score (nSPS) is 12.7. The number of benzene rings is 2. The quantitative estimate of drug-likeness (QED) is 0.815. The lowest BCUT2D eigenvalue weighted by Crippen LogP contribution is -2.19. The zero-order valence-corrected chi connectivity index (χ0v) is 15.1. The molecule has 2 aromatic rings. The van der Waals surface area contributed by atoms with E-state index in [1.165, 1.54) is 18.2 Å². The molecule has 132 valence electrons. The summed E-state index contributed by atoms with van der Waals surface area (Å²) >= 11 is 0. The maximum Gasteiger partial charge on any atom is 0.260 e. The maximum atomic E-state index is 12.7. The lowest BCUT2D eigenvalue weighted by Gasteiger charge is -2.15. The summed E-state index contributed by atoms with van der Waals surface area (Å²) in [7, 11) is -2.28. The Morgan fingerprint density at radius 1 is 1.23 bits per heavy atom. The number of anilines is 1. The number of allylic oxidation sites excluding steroid dienone is 1. The number of sulfonamides is 1. The molecular weight excluding hydrogens is 350 g/mol. The van der Waals surface area contributed by atoms with E-state index in [4.69, 9.17) is 6.57 Å². The van der Waals surface area contributed by atoms with Crippen LogP contribution in [0.5, 0.6) is 0 Å². The van der Waals surface area contributed by atoms with Crippen molar-refractivity contribution in [2.24, 2.45) is 0 Å². The lowest BCUT2D eigenvalue weighted by atomic mass is 9.98. The largest absolute Gasteiger partial charge is 0.355 e. The van der Waals surface area contributed by atoms with E-state index >= 15 is 0 Å². The van der Waals surface area contributed by atoms with Crippen molar-refractivity contribution in [1.29, 1.82) is 0 Å². The van der Waals surface area contributed by atoms with E-state index in [2.05, 4.69) is 14.9 Å². The number of carbonyl (C=O) groups is 1. The second-order valence-corrected chi connectivity index (χ2v) is 7.58. The first-order chi connectivity index (χ1) is 12.4. The molecule has 26 heavy (non-hydrogen) atoms. The van der Waals surface area contributed by atoms with E-state index in [9.17, 15) is 13.2 Å². The van der Waals surface area contributed by atoms with Gasteiger partial charge in [-0.05, 0) is 48.2 Å². The van der Waals surface area contributed by atoms with E-state index in [0.717, 1.165) is 16.7 Å². The van der Waals surface area contributed by atoms with E-state index in [1.807, 2.05) is 6.92 Å². The summed E-state index contributed by atoms with van der Waals surface area (Å²) in [5.74, 6) is -0.198. The van der Waals surface area contributed by atoms with Crippen LogP contribution >= 0.6 is 0 Å². The summed E-state index contributed by atoms with van der Waals surface area (Å²) in [4.78, 5) is 15.4. The SMILES string of the molecule is [C-]#[N+]c1cccc(S(=O)(=O)Nc2ccc(C)c3c2CC=C3C(=O)NC)c1. The Labute approximate surface area is 152 Å². The minimum absolute atomic E-state index is 0.0257. The molecule has 2 aromatic carbocycles. The maximum absolute atomic E-state index is 12.7. The number of amides is 1. The van der Waals surface area contributed by atoms with Gasteiger partial charge in [-0.1, -0.05) is 24.3 Å². The fraction of sp³-hybridized carbons (Fsp3) is 0.158. The summed E-state index contributed by atoms with van der Waals surface area (Å²) in [6, 6.07) is 9.35. The van der Waals surface area contributed by atoms with Gasteiger partial charge in [0.1, 0.15) is 0 Å². The first kappa shape index (κ1) is 17.7. The van der Waals surface area contributed by atoms with Gasteiger partial charge in [-0.3, -0.25) is 9.52 Å². The molecule has 0 saturated carbocycles. The van der Waals surface area contributed by atoms with Gasteiger partial charge < -0.3 is 5.32 Å². The zero-order valence-electron chi connectivity index (χ0n) is 14.3. The van der Waals surface area contributed by atoms with Gasteiger partial charge in [0.15, 0.2) is 5.69 Å².